The van der Waals surface area contributed by atoms with Crippen molar-refractivity contribution in [3.8, 4) is 11.1 Å². The van der Waals surface area contributed by atoms with Crippen LogP contribution in [0.15, 0.2) is 206 Å². The lowest BCUT2D eigenvalue weighted by atomic mass is 9.72. The molecule has 1 heterocycles. The van der Waals surface area contributed by atoms with E-state index in [0.29, 0.717) is 0 Å². The molecule has 0 saturated heterocycles. The van der Waals surface area contributed by atoms with Crippen LogP contribution in [-0.2, 0) is 5.41 Å². The molecule has 2 heteroatoms. The highest BCUT2D eigenvalue weighted by Crippen LogP contribution is 2.58. The van der Waals surface area contributed by atoms with Gasteiger partial charge in [-0.3, -0.25) is 0 Å². The highest BCUT2D eigenvalue weighted by atomic mass is 15.2. The van der Waals surface area contributed by atoms with Gasteiger partial charge in [0.05, 0.1) is 22.7 Å². The number of anilines is 6. The fourth-order valence-corrected chi connectivity index (χ4v) is 9.55. The van der Waals surface area contributed by atoms with E-state index in [4.69, 9.17) is 0 Å². The van der Waals surface area contributed by atoms with Crippen molar-refractivity contribution in [3.63, 3.8) is 0 Å². The summed E-state index contributed by atoms with van der Waals surface area (Å²) in [7, 11) is 0. The molecule has 0 aliphatic carbocycles. The molecule has 0 spiro atoms. The Morgan fingerprint density at radius 1 is 0.386 bits per heavy atom. The lowest BCUT2D eigenvalue weighted by Crippen LogP contribution is -2.32. The van der Waals surface area contributed by atoms with E-state index in [0.717, 1.165) is 17.1 Å². The van der Waals surface area contributed by atoms with Gasteiger partial charge in [-0.25, -0.2) is 0 Å². The standard InChI is InChI=1S/C55H40N2/c1-55(2)49-27-14-15-28-50(49)57(52-30-16-29-51(53(52)55)56(41-21-4-3-5-22-41)42-33-31-37-17-6-7-19-39(37)35-42)54-44-24-11-8-18-38(44)32-34-47(54)48-36-40-20-9-10-23-43(40)45-25-12-13-26-46(45)48/h3-36H,1-2H3. The van der Waals surface area contributed by atoms with Crippen molar-refractivity contribution in [1.82, 2.24) is 0 Å². The Morgan fingerprint density at radius 3 is 1.82 bits per heavy atom. The summed E-state index contributed by atoms with van der Waals surface area (Å²) in [4.78, 5) is 5.03. The highest BCUT2D eigenvalue weighted by Gasteiger charge is 2.41. The molecule has 0 bridgehead atoms. The van der Waals surface area contributed by atoms with Crippen molar-refractivity contribution >= 4 is 77.2 Å². The second-order valence-electron chi connectivity index (χ2n) is 15.7. The molecular weight excluding hydrogens is 689 g/mol. The molecule has 0 radical (unpaired) electrons. The van der Waals surface area contributed by atoms with Gasteiger partial charge in [0.2, 0.25) is 0 Å². The third-order valence-corrected chi connectivity index (χ3v) is 12.1. The number of fused-ring (bicyclic) bond motifs is 7. The summed E-state index contributed by atoms with van der Waals surface area (Å²) in [6.07, 6.45) is 0. The molecule has 270 valence electrons. The molecule has 0 atom stereocenters. The minimum atomic E-state index is -0.344. The molecule has 0 unspecified atom stereocenters. The Bertz CT molecular complexity index is 3180. The monoisotopic (exact) mass is 728 g/mol. The molecule has 10 aromatic carbocycles. The van der Waals surface area contributed by atoms with Gasteiger partial charge in [0.15, 0.2) is 0 Å². The number of hydrogen-bond acceptors (Lipinski definition) is 2. The number of hydrogen-bond donors (Lipinski definition) is 0. The third-order valence-electron chi connectivity index (χ3n) is 12.1. The van der Waals surface area contributed by atoms with Crippen LogP contribution in [0.2, 0.25) is 0 Å². The maximum absolute atomic E-state index is 2.57. The van der Waals surface area contributed by atoms with Crippen LogP contribution >= 0.6 is 0 Å². The predicted molar refractivity (Wildman–Crippen MR) is 243 cm³/mol. The number of rotatable bonds is 5. The smallest absolute Gasteiger partial charge is 0.0618 e. The summed E-state index contributed by atoms with van der Waals surface area (Å²) in [6.45, 7) is 4.80. The highest BCUT2D eigenvalue weighted by molar-refractivity contribution is 6.17. The summed E-state index contributed by atoms with van der Waals surface area (Å²) in [5.41, 5.74) is 11.6. The third kappa shape index (κ3) is 5.18. The number of para-hydroxylation sites is 2. The Balaban J connectivity index is 1.24. The molecule has 0 N–H and O–H groups in total. The maximum atomic E-state index is 2.57. The quantitative estimate of drug-likeness (QED) is 0.163. The Labute approximate surface area is 333 Å². The van der Waals surface area contributed by atoms with E-state index < -0.39 is 0 Å². The molecule has 0 fully saturated rings. The van der Waals surface area contributed by atoms with Crippen LogP contribution in [0.3, 0.4) is 0 Å². The fraction of sp³-hybridized carbons (Fsp3) is 0.0545. The molecule has 0 amide bonds. The summed E-state index contributed by atoms with van der Waals surface area (Å²) in [5.74, 6) is 0. The zero-order valence-electron chi connectivity index (χ0n) is 32.0. The van der Waals surface area contributed by atoms with Gasteiger partial charge in [-0.2, -0.15) is 0 Å². The lowest BCUT2D eigenvalue weighted by Gasteiger charge is -2.45. The van der Waals surface area contributed by atoms with Crippen molar-refractivity contribution in [1.29, 1.82) is 0 Å². The average molecular weight is 729 g/mol. The van der Waals surface area contributed by atoms with Crippen molar-refractivity contribution in [2.24, 2.45) is 0 Å². The van der Waals surface area contributed by atoms with Crippen molar-refractivity contribution in [3.05, 3.63) is 217 Å². The van der Waals surface area contributed by atoms with Gasteiger partial charge in [0.1, 0.15) is 0 Å². The molecular formula is C55H40N2. The first-order chi connectivity index (χ1) is 28.1. The van der Waals surface area contributed by atoms with Crippen LogP contribution in [0.1, 0.15) is 25.0 Å². The van der Waals surface area contributed by atoms with Crippen molar-refractivity contribution < 1.29 is 0 Å². The lowest BCUT2D eigenvalue weighted by molar-refractivity contribution is 0.632. The van der Waals surface area contributed by atoms with E-state index >= 15 is 0 Å². The second-order valence-corrected chi connectivity index (χ2v) is 15.7. The van der Waals surface area contributed by atoms with Crippen LogP contribution in [0.5, 0.6) is 0 Å². The van der Waals surface area contributed by atoms with Gasteiger partial charge >= 0.3 is 0 Å². The zero-order chi connectivity index (χ0) is 38.1. The molecule has 0 aromatic heterocycles. The largest absolute Gasteiger partial charge is 0.310 e. The fourth-order valence-electron chi connectivity index (χ4n) is 9.55. The van der Waals surface area contributed by atoms with Gasteiger partial charge in [0.25, 0.3) is 0 Å². The SMILES string of the molecule is CC1(C)c2ccccc2N(c2c(-c3cc4ccccc4c4ccccc34)ccc3ccccc23)c2cccc(N(c3ccccc3)c3ccc4ccccc4c3)c21. The molecule has 10 aromatic rings. The Morgan fingerprint density at radius 2 is 1.00 bits per heavy atom. The van der Waals surface area contributed by atoms with Gasteiger partial charge in [-0.15, -0.1) is 0 Å². The van der Waals surface area contributed by atoms with Gasteiger partial charge in [0, 0.05) is 33.3 Å². The van der Waals surface area contributed by atoms with Gasteiger partial charge < -0.3 is 9.80 Å². The summed E-state index contributed by atoms with van der Waals surface area (Å²) < 4.78 is 0. The van der Waals surface area contributed by atoms with E-state index in [2.05, 4.69) is 230 Å². The number of benzene rings is 10. The average Bonchev–Trinajstić information content (AvgIpc) is 3.26. The van der Waals surface area contributed by atoms with Crippen LogP contribution in [-0.4, -0.2) is 0 Å². The van der Waals surface area contributed by atoms with Gasteiger partial charge in [-0.1, -0.05) is 172 Å². The first-order valence-corrected chi connectivity index (χ1v) is 19.9. The molecule has 1 aliphatic heterocycles. The minimum absolute atomic E-state index is 0.344. The first-order valence-electron chi connectivity index (χ1n) is 19.9. The Hall–Kier alpha value is -7.16. The van der Waals surface area contributed by atoms with E-state index in [1.165, 1.54) is 82.4 Å². The summed E-state index contributed by atoms with van der Waals surface area (Å²) >= 11 is 0. The molecule has 11 rings (SSSR count). The topological polar surface area (TPSA) is 6.48 Å². The van der Waals surface area contributed by atoms with E-state index in [1.807, 2.05) is 0 Å². The second kappa shape index (κ2) is 13.0. The maximum Gasteiger partial charge on any atom is 0.0618 e. The van der Waals surface area contributed by atoms with Gasteiger partial charge in [-0.05, 0) is 97.4 Å². The van der Waals surface area contributed by atoms with Crippen molar-refractivity contribution in [2.75, 3.05) is 9.80 Å². The number of nitrogens with zero attached hydrogens (tertiary/aromatic N) is 2. The predicted octanol–water partition coefficient (Wildman–Crippen LogP) is 15.5. The minimum Gasteiger partial charge on any atom is -0.310 e. The van der Waals surface area contributed by atoms with Crippen LogP contribution in [0.4, 0.5) is 34.1 Å². The normalized spacial score (nSPS) is 13.2. The van der Waals surface area contributed by atoms with Crippen LogP contribution in [0.25, 0.3) is 54.2 Å². The van der Waals surface area contributed by atoms with Crippen LogP contribution < -0.4 is 9.80 Å². The molecule has 0 saturated carbocycles. The Kier molecular flexibility index (Phi) is 7.55. The molecule has 57 heavy (non-hydrogen) atoms. The van der Waals surface area contributed by atoms with Crippen LogP contribution in [0, 0.1) is 0 Å². The van der Waals surface area contributed by atoms with E-state index in [9.17, 15) is 0 Å². The van der Waals surface area contributed by atoms with E-state index in [-0.39, 0.29) is 5.41 Å². The van der Waals surface area contributed by atoms with E-state index in [1.54, 1.807) is 0 Å². The summed E-state index contributed by atoms with van der Waals surface area (Å²) in [6, 6.07) is 75.9. The van der Waals surface area contributed by atoms with Crippen molar-refractivity contribution in [2.45, 2.75) is 19.3 Å². The summed E-state index contributed by atoms with van der Waals surface area (Å²) in [5, 5.41) is 9.90. The zero-order valence-corrected chi connectivity index (χ0v) is 32.0. The molecule has 2 nitrogen and oxygen atoms in total. The molecule has 1 aliphatic rings. The first kappa shape index (κ1) is 33.2.